The number of sulfone groups is 1. The highest BCUT2D eigenvalue weighted by molar-refractivity contribution is 7.93. The predicted molar refractivity (Wildman–Crippen MR) is 119 cm³/mol. The molecule has 0 radical (unpaired) electrons. The van der Waals surface area contributed by atoms with Crippen molar-refractivity contribution in [3.63, 3.8) is 0 Å². The number of amides is 1. The molecule has 2 heterocycles. The molecule has 178 valence electrons. The smallest absolute Gasteiger partial charge is 0.271 e. The Morgan fingerprint density at radius 2 is 2.06 bits per heavy atom. The third-order valence-corrected chi connectivity index (χ3v) is 6.12. The lowest BCUT2D eigenvalue weighted by molar-refractivity contribution is -0.0343. The number of nitrogens with one attached hydrogen (secondary N) is 1. The maximum atomic E-state index is 14.2. The second-order valence-corrected chi connectivity index (χ2v) is 10.2. The van der Waals surface area contributed by atoms with Crippen LogP contribution < -0.4 is 10.2 Å². The molecule has 1 fully saturated rings. The van der Waals surface area contributed by atoms with Crippen LogP contribution in [0.25, 0.3) is 0 Å². The van der Waals surface area contributed by atoms with Crippen LogP contribution in [0.1, 0.15) is 41.9 Å². The number of benzene rings is 1. The van der Waals surface area contributed by atoms with E-state index in [0.29, 0.717) is 0 Å². The van der Waals surface area contributed by atoms with Gasteiger partial charge in [-0.05, 0) is 18.6 Å². The minimum atomic E-state index is -3.33. The summed E-state index contributed by atoms with van der Waals surface area (Å²) < 4.78 is 64.7. The summed E-state index contributed by atoms with van der Waals surface area (Å²) in [6.07, 6.45) is 3.80. The molecule has 1 aliphatic heterocycles. The fourth-order valence-corrected chi connectivity index (χ4v) is 4.21. The van der Waals surface area contributed by atoms with E-state index in [4.69, 9.17) is 11.6 Å². The van der Waals surface area contributed by atoms with Gasteiger partial charge in [-0.2, -0.15) is 0 Å². The van der Waals surface area contributed by atoms with Crippen LogP contribution in [0.3, 0.4) is 0 Å². The van der Waals surface area contributed by atoms with E-state index >= 15 is 0 Å². The topological polar surface area (TPSA) is 92.3 Å². The van der Waals surface area contributed by atoms with Crippen molar-refractivity contribution in [3.8, 4) is 0 Å². The molecule has 1 N–H and O–H groups in total. The number of aromatic nitrogens is 2. The molecular formula is C21H22ClF3N4O3S. The van der Waals surface area contributed by atoms with Gasteiger partial charge in [0.1, 0.15) is 17.3 Å². The number of hydrogen-bond donors (Lipinski definition) is 1. The van der Waals surface area contributed by atoms with Crippen LogP contribution in [-0.2, 0) is 9.84 Å². The molecule has 33 heavy (non-hydrogen) atoms. The van der Waals surface area contributed by atoms with Crippen molar-refractivity contribution in [1.29, 1.82) is 0 Å². The number of carbonyl (C=O) groups is 1. The van der Waals surface area contributed by atoms with Crippen LogP contribution in [0.4, 0.5) is 19.0 Å². The van der Waals surface area contributed by atoms with E-state index in [1.165, 1.54) is 30.6 Å². The van der Waals surface area contributed by atoms with Crippen molar-refractivity contribution < 1.29 is 26.4 Å². The Labute approximate surface area is 194 Å². The lowest BCUT2D eigenvalue weighted by Crippen LogP contribution is -2.42. The molecule has 3 rings (SSSR count). The lowest BCUT2D eigenvalue weighted by Gasteiger charge is -2.40. The van der Waals surface area contributed by atoms with Gasteiger partial charge in [-0.25, -0.2) is 31.6 Å². The first-order chi connectivity index (χ1) is 15.4. The second kappa shape index (κ2) is 9.68. The van der Waals surface area contributed by atoms with Crippen LogP contribution in [0.5, 0.6) is 0 Å². The van der Waals surface area contributed by atoms with E-state index in [1.54, 1.807) is 11.8 Å². The Balaban J connectivity index is 1.81. The minimum Gasteiger partial charge on any atom is -0.348 e. The van der Waals surface area contributed by atoms with Gasteiger partial charge in [0.05, 0.1) is 23.5 Å². The van der Waals surface area contributed by atoms with E-state index in [9.17, 15) is 26.4 Å². The van der Waals surface area contributed by atoms with Crippen LogP contribution in [-0.4, -0.2) is 49.1 Å². The van der Waals surface area contributed by atoms with Gasteiger partial charge in [0.2, 0.25) is 0 Å². The first kappa shape index (κ1) is 25.0. The van der Waals surface area contributed by atoms with Gasteiger partial charge in [0.25, 0.3) is 11.8 Å². The molecule has 1 saturated heterocycles. The van der Waals surface area contributed by atoms with E-state index < -0.39 is 52.4 Å². The normalized spacial score (nSPS) is 19.5. The van der Waals surface area contributed by atoms with Crippen molar-refractivity contribution in [2.75, 3.05) is 17.7 Å². The van der Waals surface area contributed by atoms with E-state index in [2.05, 4.69) is 15.3 Å². The average Bonchev–Trinajstić information content (AvgIpc) is 2.73. The first-order valence-electron chi connectivity index (χ1n) is 9.96. The standard InChI is InChI=1S/C21H22ClF3N4O3S/c1-13(6-9-33(2,31)32)28-20(30)16-11-27-18(12-26-16)29-8-7-21(24,25)10-17(29)14-4-3-5-15(23)19(14)22/h3-6,9,11-13,17H,7-8,10H2,1-2H3,(H,28,30)/b9-6+/t13-,17?/m1/s1. The summed E-state index contributed by atoms with van der Waals surface area (Å²) in [6.45, 7) is 1.51. The van der Waals surface area contributed by atoms with Crippen LogP contribution in [0.15, 0.2) is 42.1 Å². The number of carbonyl (C=O) groups excluding carboxylic acids is 1. The molecule has 1 aromatic carbocycles. The predicted octanol–water partition coefficient (Wildman–Crippen LogP) is 3.92. The summed E-state index contributed by atoms with van der Waals surface area (Å²) in [7, 11) is -3.33. The van der Waals surface area contributed by atoms with Gasteiger partial charge in [0, 0.05) is 37.1 Å². The van der Waals surface area contributed by atoms with Gasteiger partial charge in [-0.3, -0.25) is 4.79 Å². The van der Waals surface area contributed by atoms with Crippen molar-refractivity contribution in [2.45, 2.75) is 37.8 Å². The van der Waals surface area contributed by atoms with Gasteiger partial charge in [-0.1, -0.05) is 29.8 Å². The lowest BCUT2D eigenvalue weighted by atomic mass is 9.92. The molecule has 7 nitrogen and oxygen atoms in total. The number of nitrogens with zero attached hydrogens (tertiary/aromatic N) is 3. The number of rotatable bonds is 6. The molecule has 2 aromatic rings. The zero-order chi connectivity index (χ0) is 24.4. The molecule has 1 aliphatic rings. The summed E-state index contributed by atoms with van der Waals surface area (Å²) in [4.78, 5) is 22.2. The van der Waals surface area contributed by atoms with Crippen molar-refractivity contribution >= 4 is 33.2 Å². The molecule has 0 bridgehead atoms. The Bertz CT molecular complexity index is 1160. The molecule has 12 heteroatoms. The highest BCUT2D eigenvalue weighted by atomic mass is 35.5. The summed E-state index contributed by atoms with van der Waals surface area (Å²) in [5.41, 5.74) is 0.173. The Hall–Kier alpha value is -2.66. The Morgan fingerprint density at radius 1 is 1.33 bits per heavy atom. The van der Waals surface area contributed by atoms with Gasteiger partial charge in [-0.15, -0.1) is 0 Å². The van der Waals surface area contributed by atoms with E-state index in [0.717, 1.165) is 17.7 Å². The Kier molecular flexibility index (Phi) is 7.32. The van der Waals surface area contributed by atoms with Crippen molar-refractivity contribution in [3.05, 3.63) is 64.2 Å². The highest BCUT2D eigenvalue weighted by Gasteiger charge is 2.42. The molecular weight excluding hydrogens is 481 g/mol. The quantitative estimate of drug-likeness (QED) is 0.643. The summed E-state index contributed by atoms with van der Waals surface area (Å²) in [5.74, 6) is -4.02. The SMILES string of the molecule is C[C@H](/C=C/S(C)(=O)=O)NC(=O)c1cnc(N2CCC(F)(F)CC2c2cccc(F)c2Cl)cn1. The zero-order valence-electron chi connectivity index (χ0n) is 17.8. The van der Waals surface area contributed by atoms with Crippen LogP contribution >= 0.6 is 11.6 Å². The number of piperidine rings is 1. The monoisotopic (exact) mass is 502 g/mol. The number of alkyl halides is 2. The van der Waals surface area contributed by atoms with Gasteiger partial charge in [0.15, 0.2) is 9.84 Å². The van der Waals surface area contributed by atoms with Crippen molar-refractivity contribution in [2.24, 2.45) is 0 Å². The third-order valence-electron chi connectivity index (χ3n) is 5.07. The number of anilines is 1. The molecule has 0 saturated carbocycles. The second-order valence-electron chi connectivity index (χ2n) is 7.84. The fraction of sp³-hybridized carbons (Fsp3) is 0.381. The highest BCUT2D eigenvalue weighted by Crippen LogP contribution is 2.43. The number of halogens is 4. The molecule has 1 amide bonds. The fourth-order valence-electron chi connectivity index (χ4n) is 3.44. The van der Waals surface area contributed by atoms with E-state index in [1.807, 2.05) is 0 Å². The largest absolute Gasteiger partial charge is 0.348 e. The maximum absolute atomic E-state index is 14.2. The van der Waals surface area contributed by atoms with E-state index in [-0.39, 0.29) is 28.6 Å². The molecule has 0 aliphatic carbocycles. The number of hydrogen-bond acceptors (Lipinski definition) is 6. The molecule has 1 unspecified atom stereocenters. The molecule has 2 atom stereocenters. The molecule has 0 spiro atoms. The Morgan fingerprint density at radius 3 is 2.70 bits per heavy atom. The minimum absolute atomic E-state index is 0.0407. The van der Waals surface area contributed by atoms with Gasteiger partial charge >= 0.3 is 0 Å². The third kappa shape index (κ3) is 6.44. The maximum Gasteiger partial charge on any atom is 0.271 e. The van der Waals surface area contributed by atoms with Gasteiger partial charge < -0.3 is 10.2 Å². The summed E-state index contributed by atoms with van der Waals surface area (Å²) in [6, 6.07) is 2.52. The van der Waals surface area contributed by atoms with Crippen molar-refractivity contribution in [1.82, 2.24) is 15.3 Å². The summed E-state index contributed by atoms with van der Waals surface area (Å²) >= 11 is 6.06. The summed E-state index contributed by atoms with van der Waals surface area (Å²) in [5, 5.41) is 3.31. The average molecular weight is 503 g/mol. The first-order valence-corrected chi connectivity index (χ1v) is 12.3. The molecule has 1 aromatic heterocycles. The van der Waals surface area contributed by atoms with Crippen LogP contribution in [0.2, 0.25) is 5.02 Å². The zero-order valence-corrected chi connectivity index (χ0v) is 19.4. The van der Waals surface area contributed by atoms with Crippen LogP contribution in [0, 0.1) is 5.82 Å².